The summed E-state index contributed by atoms with van der Waals surface area (Å²) in [7, 11) is 0. The summed E-state index contributed by atoms with van der Waals surface area (Å²) in [6.45, 7) is 2.24. The highest BCUT2D eigenvalue weighted by molar-refractivity contribution is 9.10. The van der Waals surface area contributed by atoms with Crippen molar-refractivity contribution in [1.82, 2.24) is 4.90 Å². The van der Waals surface area contributed by atoms with Crippen molar-refractivity contribution in [3.8, 4) is 0 Å². The standard InChI is InChI=1S/C13H15BrN2O4/c14-9-2-3-10(12(17)18)11(8-9)15-13(19)16-4-1-6-20-7-5-16/h2-3,8H,1,4-7H2,(H,15,19)(H,17,18). The van der Waals surface area contributed by atoms with Gasteiger partial charge in [0, 0.05) is 24.2 Å². The first-order chi connectivity index (χ1) is 9.58. The molecule has 0 unspecified atom stereocenters. The topological polar surface area (TPSA) is 78.9 Å². The predicted molar refractivity (Wildman–Crippen MR) is 77.1 cm³/mol. The average molecular weight is 343 g/mol. The summed E-state index contributed by atoms with van der Waals surface area (Å²) in [5, 5.41) is 11.8. The van der Waals surface area contributed by atoms with Crippen LogP contribution in [0.5, 0.6) is 0 Å². The van der Waals surface area contributed by atoms with Crippen LogP contribution in [0.25, 0.3) is 0 Å². The average Bonchev–Trinajstić information content (AvgIpc) is 2.67. The smallest absolute Gasteiger partial charge is 0.337 e. The van der Waals surface area contributed by atoms with E-state index in [0.717, 1.165) is 6.42 Å². The number of aromatic carboxylic acids is 1. The molecule has 0 saturated carbocycles. The van der Waals surface area contributed by atoms with Gasteiger partial charge in [0.1, 0.15) is 0 Å². The fourth-order valence-electron chi connectivity index (χ4n) is 1.95. The molecule has 1 aromatic carbocycles. The number of carboxylic acid groups (broad SMARTS) is 1. The first-order valence-electron chi connectivity index (χ1n) is 6.24. The molecule has 1 saturated heterocycles. The van der Waals surface area contributed by atoms with Crippen molar-refractivity contribution in [2.75, 3.05) is 31.6 Å². The minimum Gasteiger partial charge on any atom is -0.478 e. The molecular weight excluding hydrogens is 328 g/mol. The molecule has 1 aliphatic heterocycles. The van der Waals surface area contributed by atoms with Gasteiger partial charge in [0.2, 0.25) is 0 Å². The van der Waals surface area contributed by atoms with E-state index >= 15 is 0 Å². The number of urea groups is 1. The number of ether oxygens (including phenoxy) is 1. The van der Waals surface area contributed by atoms with Crippen LogP contribution in [0.3, 0.4) is 0 Å². The molecule has 0 aliphatic carbocycles. The lowest BCUT2D eigenvalue weighted by molar-refractivity contribution is 0.0698. The van der Waals surface area contributed by atoms with Crippen LogP contribution in [-0.2, 0) is 4.74 Å². The van der Waals surface area contributed by atoms with Crippen molar-refractivity contribution in [3.63, 3.8) is 0 Å². The molecule has 1 aromatic rings. The van der Waals surface area contributed by atoms with Gasteiger partial charge < -0.3 is 20.1 Å². The van der Waals surface area contributed by atoms with E-state index in [1.54, 1.807) is 17.0 Å². The highest BCUT2D eigenvalue weighted by Gasteiger charge is 2.18. The molecule has 2 amide bonds. The van der Waals surface area contributed by atoms with Crippen LogP contribution in [0.15, 0.2) is 22.7 Å². The van der Waals surface area contributed by atoms with E-state index in [1.165, 1.54) is 6.07 Å². The summed E-state index contributed by atoms with van der Waals surface area (Å²) < 4.78 is 5.99. The van der Waals surface area contributed by atoms with Gasteiger partial charge in [-0.25, -0.2) is 9.59 Å². The molecule has 2 N–H and O–H groups in total. The zero-order valence-electron chi connectivity index (χ0n) is 10.8. The minimum atomic E-state index is -1.08. The third-order valence-electron chi connectivity index (χ3n) is 2.96. The molecule has 20 heavy (non-hydrogen) atoms. The van der Waals surface area contributed by atoms with Crippen molar-refractivity contribution in [1.29, 1.82) is 0 Å². The number of hydrogen-bond donors (Lipinski definition) is 2. The molecule has 2 rings (SSSR count). The van der Waals surface area contributed by atoms with Gasteiger partial charge >= 0.3 is 12.0 Å². The minimum absolute atomic E-state index is 0.0626. The Morgan fingerprint density at radius 1 is 1.30 bits per heavy atom. The first-order valence-corrected chi connectivity index (χ1v) is 7.04. The molecular formula is C13H15BrN2O4. The van der Waals surface area contributed by atoms with E-state index in [-0.39, 0.29) is 17.3 Å². The fraction of sp³-hybridized carbons (Fsp3) is 0.385. The molecule has 7 heteroatoms. The summed E-state index contributed by atoms with van der Waals surface area (Å²) in [5.74, 6) is -1.08. The summed E-state index contributed by atoms with van der Waals surface area (Å²) in [6.07, 6.45) is 0.775. The van der Waals surface area contributed by atoms with Crippen molar-refractivity contribution in [2.45, 2.75) is 6.42 Å². The van der Waals surface area contributed by atoms with E-state index in [2.05, 4.69) is 21.2 Å². The monoisotopic (exact) mass is 342 g/mol. The molecule has 0 radical (unpaired) electrons. The van der Waals surface area contributed by atoms with Crippen molar-refractivity contribution >= 4 is 33.6 Å². The Balaban J connectivity index is 2.14. The van der Waals surface area contributed by atoms with Gasteiger partial charge in [-0.3, -0.25) is 0 Å². The molecule has 1 fully saturated rings. The molecule has 1 heterocycles. The Morgan fingerprint density at radius 3 is 2.85 bits per heavy atom. The summed E-state index contributed by atoms with van der Waals surface area (Å²) in [6, 6.07) is 4.35. The number of hydrogen-bond acceptors (Lipinski definition) is 3. The maximum absolute atomic E-state index is 12.2. The number of carboxylic acids is 1. The van der Waals surface area contributed by atoms with Gasteiger partial charge in [-0.15, -0.1) is 0 Å². The van der Waals surface area contributed by atoms with Crippen molar-refractivity contribution < 1.29 is 19.4 Å². The SMILES string of the molecule is O=C(O)c1ccc(Br)cc1NC(=O)N1CCCOCC1. The third-order valence-corrected chi connectivity index (χ3v) is 3.46. The van der Waals surface area contributed by atoms with Crippen LogP contribution in [0.2, 0.25) is 0 Å². The highest BCUT2D eigenvalue weighted by atomic mass is 79.9. The van der Waals surface area contributed by atoms with Crippen LogP contribution < -0.4 is 5.32 Å². The number of halogens is 1. The number of anilines is 1. The van der Waals surface area contributed by atoms with Crippen molar-refractivity contribution in [3.05, 3.63) is 28.2 Å². The number of nitrogens with zero attached hydrogens (tertiary/aromatic N) is 1. The molecule has 6 nitrogen and oxygen atoms in total. The Bertz CT molecular complexity index is 513. The Labute approximate surface area is 124 Å². The van der Waals surface area contributed by atoms with Gasteiger partial charge in [-0.05, 0) is 24.6 Å². The Kier molecular flexibility index (Phi) is 4.97. The molecule has 1 aliphatic rings. The number of benzene rings is 1. The van der Waals surface area contributed by atoms with Crippen molar-refractivity contribution in [2.24, 2.45) is 0 Å². The van der Waals surface area contributed by atoms with Gasteiger partial charge in [0.05, 0.1) is 17.9 Å². The number of carbonyl (C=O) groups is 2. The Hall–Kier alpha value is -1.60. The first kappa shape index (κ1) is 14.8. The summed E-state index contributed by atoms with van der Waals surface area (Å²) >= 11 is 3.27. The molecule has 0 bridgehead atoms. The molecule has 0 aromatic heterocycles. The van der Waals surface area contributed by atoms with E-state index in [1.807, 2.05) is 0 Å². The number of carbonyl (C=O) groups excluding carboxylic acids is 1. The van der Waals surface area contributed by atoms with Gasteiger partial charge in [0.15, 0.2) is 0 Å². The number of rotatable bonds is 2. The highest BCUT2D eigenvalue weighted by Crippen LogP contribution is 2.22. The van der Waals surface area contributed by atoms with Gasteiger partial charge in [-0.1, -0.05) is 15.9 Å². The number of nitrogens with one attached hydrogen (secondary N) is 1. The van der Waals surface area contributed by atoms with Gasteiger partial charge in [0.25, 0.3) is 0 Å². The summed E-state index contributed by atoms with van der Waals surface area (Å²) in [5.41, 5.74) is 0.342. The zero-order chi connectivity index (χ0) is 14.5. The van der Waals surface area contributed by atoms with Gasteiger partial charge in [-0.2, -0.15) is 0 Å². The lowest BCUT2D eigenvalue weighted by Crippen LogP contribution is -2.37. The van der Waals surface area contributed by atoms with Crippen LogP contribution in [0.1, 0.15) is 16.8 Å². The second-order valence-corrected chi connectivity index (χ2v) is 5.29. The third kappa shape index (κ3) is 3.71. The van der Waals surface area contributed by atoms with E-state index < -0.39 is 5.97 Å². The quantitative estimate of drug-likeness (QED) is 0.864. The maximum Gasteiger partial charge on any atom is 0.337 e. The normalized spacial score (nSPS) is 15.6. The van der Waals surface area contributed by atoms with E-state index in [4.69, 9.17) is 9.84 Å². The second kappa shape index (κ2) is 6.71. The second-order valence-electron chi connectivity index (χ2n) is 4.38. The lowest BCUT2D eigenvalue weighted by Gasteiger charge is -2.20. The maximum atomic E-state index is 12.2. The van der Waals surface area contributed by atoms with Crippen LogP contribution in [0.4, 0.5) is 10.5 Å². The fourth-order valence-corrected chi connectivity index (χ4v) is 2.31. The summed E-state index contributed by atoms with van der Waals surface area (Å²) in [4.78, 5) is 24.9. The Morgan fingerprint density at radius 2 is 2.10 bits per heavy atom. The lowest BCUT2D eigenvalue weighted by atomic mass is 10.2. The zero-order valence-corrected chi connectivity index (χ0v) is 12.4. The van der Waals surface area contributed by atoms with E-state index in [0.29, 0.717) is 30.8 Å². The molecule has 108 valence electrons. The van der Waals surface area contributed by atoms with Crippen LogP contribution >= 0.6 is 15.9 Å². The van der Waals surface area contributed by atoms with E-state index in [9.17, 15) is 9.59 Å². The predicted octanol–water partition coefficient (Wildman–Crippen LogP) is 2.40. The number of amides is 2. The largest absolute Gasteiger partial charge is 0.478 e. The molecule has 0 atom stereocenters. The molecule has 0 spiro atoms. The van der Waals surface area contributed by atoms with Crippen LogP contribution in [-0.4, -0.2) is 48.3 Å². The van der Waals surface area contributed by atoms with Crippen LogP contribution in [0, 0.1) is 0 Å².